The van der Waals surface area contributed by atoms with E-state index < -0.39 is 5.91 Å². The smallest absolute Gasteiger partial charge is 0.276 e. The van der Waals surface area contributed by atoms with Crippen molar-refractivity contribution in [3.05, 3.63) is 76.3 Å². The highest BCUT2D eigenvalue weighted by Crippen LogP contribution is 2.32. The maximum absolute atomic E-state index is 12.3. The molecule has 0 spiro atoms. The number of thiocarbonyl (C=S) groups is 1. The Hall–Kier alpha value is -2.97. The van der Waals surface area contributed by atoms with Crippen molar-refractivity contribution >= 4 is 55.8 Å². The Kier molecular flexibility index (Phi) is 7.59. The topological polar surface area (TPSA) is 79.5 Å². The average molecular weight is 500 g/mol. The predicted molar refractivity (Wildman–Crippen MR) is 129 cm³/mol. The number of amides is 2. The van der Waals surface area contributed by atoms with E-state index in [1.54, 1.807) is 18.2 Å². The first-order valence-electron chi connectivity index (χ1n) is 9.65. The largest absolute Gasteiger partial charge is 0.483 e. The van der Waals surface area contributed by atoms with Crippen LogP contribution in [-0.4, -0.2) is 23.5 Å². The molecule has 0 fully saturated rings. The number of hydrazine groups is 1. The lowest BCUT2D eigenvalue weighted by atomic mass is 10.0. The summed E-state index contributed by atoms with van der Waals surface area (Å²) < 4.78 is 6.37. The molecule has 3 rings (SSSR count). The molecule has 6 nitrogen and oxygen atoms in total. The van der Waals surface area contributed by atoms with Gasteiger partial charge in [0.1, 0.15) is 5.75 Å². The number of hydrogen-bond donors (Lipinski definition) is 3. The van der Waals surface area contributed by atoms with Crippen LogP contribution in [0.3, 0.4) is 0 Å². The summed E-state index contributed by atoms with van der Waals surface area (Å²) in [6.45, 7) is 3.94. The second-order valence-electron chi connectivity index (χ2n) is 7.12. The van der Waals surface area contributed by atoms with Crippen LogP contribution in [-0.2, 0) is 4.79 Å². The summed E-state index contributed by atoms with van der Waals surface area (Å²) in [6.07, 6.45) is 0. The van der Waals surface area contributed by atoms with Gasteiger partial charge in [-0.05, 0) is 68.6 Å². The quantitative estimate of drug-likeness (QED) is 0.357. The number of rotatable bonds is 5. The van der Waals surface area contributed by atoms with Gasteiger partial charge in [0.15, 0.2) is 11.7 Å². The fraction of sp³-hybridized carbons (Fsp3) is 0.174. The van der Waals surface area contributed by atoms with Crippen LogP contribution < -0.4 is 20.9 Å². The molecule has 0 aliphatic carbocycles. The van der Waals surface area contributed by atoms with Crippen molar-refractivity contribution in [3.8, 4) is 5.75 Å². The fourth-order valence-electron chi connectivity index (χ4n) is 2.86. The molecule has 0 aliphatic rings. The van der Waals surface area contributed by atoms with Crippen LogP contribution >= 0.6 is 28.1 Å². The number of fused-ring (bicyclic) bond motifs is 1. The van der Waals surface area contributed by atoms with E-state index in [0.717, 1.165) is 20.8 Å². The SMILES string of the molecule is CC(C)c1ccc(C(=O)NC(=S)NNC(=O)COc2ccc3ccccc3c2Br)cc1. The molecule has 3 aromatic carbocycles. The van der Waals surface area contributed by atoms with Crippen molar-refractivity contribution < 1.29 is 14.3 Å². The summed E-state index contributed by atoms with van der Waals surface area (Å²) in [6, 6.07) is 18.8. The zero-order valence-electron chi connectivity index (χ0n) is 17.1. The molecule has 0 bridgehead atoms. The van der Waals surface area contributed by atoms with Crippen molar-refractivity contribution in [1.82, 2.24) is 16.2 Å². The first-order valence-corrected chi connectivity index (χ1v) is 10.9. The molecule has 0 radical (unpaired) electrons. The molecule has 0 atom stereocenters. The van der Waals surface area contributed by atoms with Crippen LogP contribution in [0.15, 0.2) is 65.1 Å². The first-order chi connectivity index (χ1) is 14.8. The standard InChI is InChI=1S/C23H22BrN3O3S/c1-14(2)15-7-9-17(10-8-15)22(29)25-23(31)27-26-20(28)13-30-19-12-11-16-5-3-4-6-18(16)21(19)24/h3-12,14H,13H2,1-2H3,(H,26,28)(H2,25,27,29,31). The highest BCUT2D eigenvalue weighted by atomic mass is 79.9. The zero-order valence-corrected chi connectivity index (χ0v) is 19.5. The Labute approximate surface area is 194 Å². The van der Waals surface area contributed by atoms with Crippen LogP contribution in [0.1, 0.15) is 35.7 Å². The molecule has 0 aromatic heterocycles. The number of carbonyl (C=O) groups is 2. The van der Waals surface area contributed by atoms with Crippen LogP contribution in [0.4, 0.5) is 0 Å². The molecule has 0 saturated heterocycles. The van der Waals surface area contributed by atoms with Gasteiger partial charge in [-0.25, -0.2) is 0 Å². The second-order valence-corrected chi connectivity index (χ2v) is 8.32. The van der Waals surface area contributed by atoms with Crippen molar-refractivity contribution in [2.75, 3.05) is 6.61 Å². The minimum Gasteiger partial charge on any atom is -0.483 e. The van der Waals surface area contributed by atoms with Gasteiger partial charge in [0.25, 0.3) is 11.8 Å². The summed E-state index contributed by atoms with van der Waals surface area (Å²) in [7, 11) is 0. The van der Waals surface area contributed by atoms with Gasteiger partial charge in [-0.2, -0.15) is 0 Å². The van der Waals surface area contributed by atoms with Gasteiger partial charge in [0.2, 0.25) is 0 Å². The van der Waals surface area contributed by atoms with Crippen LogP contribution in [0.25, 0.3) is 10.8 Å². The summed E-state index contributed by atoms with van der Waals surface area (Å²) >= 11 is 8.58. The number of carbonyl (C=O) groups excluding carboxylic acids is 2. The third kappa shape index (κ3) is 6.02. The van der Waals surface area contributed by atoms with Crippen molar-refractivity contribution in [2.45, 2.75) is 19.8 Å². The van der Waals surface area contributed by atoms with Crippen molar-refractivity contribution in [2.24, 2.45) is 0 Å². The van der Waals surface area contributed by atoms with E-state index in [0.29, 0.717) is 17.2 Å². The molecule has 0 heterocycles. The minimum atomic E-state index is -0.446. The third-order valence-electron chi connectivity index (χ3n) is 4.57. The number of hydrogen-bond acceptors (Lipinski definition) is 4. The van der Waals surface area contributed by atoms with E-state index in [1.807, 2.05) is 42.5 Å². The summed E-state index contributed by atoms with van der Waals surface area (Å²) in [5.74, 6) is 0.124. The number of benzene rings is 3. The maximum atomic E-state index is 12.3. The van der Waals surface area contributed by atoms with Gasteiger partial charge in [-0.3, -0.25) is 25.8 Å². The lowest BCUT2D eigenvalue weighted by molar-refractivity contribution is -0.123. The number of nitrogens with one attached hydrogen (secondary N) is 3. The summed E-state index contributed by atoms with van der Waals surface area (Å²) in [4.78, 5) is 24.3. The lowest BCUT2D eigenvalue weighted by Gasteiger charge is -2.13. The van der Waals surface area contributed by atoms with Gasteiger partial charge in [-0.15, -0.1) is 0 Å². The van der Waals surface area contributed by atoms with Gasteiger partial charge >= 0.3 is 0 Å². The molecule has 2 amide bonds. The van der Waals surface area contributed by atoms with Gasteiger partial charge in [0.05, 0.1) is 4.47 Å². The lowest BCUT2D eigenvalue weighted by Crippen LogP contribution is -2.49. The van der Waals surface area contributed by atoms with Gasteiger partial charge in [0, 0.05) is 5.56 Å². The maximum Gasteiger partial charge on any atom is 0.276 e. The molecule has 31 heavy (non-hydrogen) atoms. The van der Waals surface area contributed by atoms with Crippen molar-refractivity contribution in [3.63, 3.8) is 0 Å². The molecular formula is C23H22BrN3O3S. The molecule has 3 aromatic rings. The van der Waals surface area contributed by atoms with Crippen LogP contribution in [0.5, 0.6) is 5.75 Å². The molecule has 3 N–H and O–H groups in total. The van der Waals surface area contributed by atoms with Gasteiger partial charge in [-0.1, -0.05) is 56.3 Å². The van der Waals surface area contributed by atoms with Crippen LogP contribution in [0, 0.1) is 0 Å². The Balaban J connectivity index is 1.46. The monoisotopic (exact) mass is 499 g/mol. The Morgan fingerprint density at radius 1 is 1.00 bits per heavy atom. The normalized spacial score (nSPS) is 10.6. The highest BCUT2D eigenvalue weighted by Gasteiger charge is 2.11. The molecule has 8 heteroatoms. The Bertz CT molecular complexity index is 1120. The first kappa shape index (κ1) is 22.7. The number of ether oxygens (including phenoxy) is 1. The van der Waals surface area contributed by atoms with E-state index in [9.17, 15) is 9.59 Å². The highest BCUT2D eigenvalue weighted by molar-refractivity contribution is 9.10. The zero-order chi connectivity index (χ0) is 22.4. The van der Waals surface area contributed by atoms with Gasteiger partial charge < -0.3 is 4.74 Å². The number of halogens is 1. The van der Waals surface area contributed by atoms with E-state index in [-0.39, 0.29) is 17.6 Å². The summed E-state index contributed by atoms with van der Waals surface area (Å²) in [5.41, 5.74) is 6.52. The van der Waals surface area contributed by atoms with E-state index in [2.05, 4.69) is 45.9 Å². The second kappa shape index (κ2) is 10.4. The predicted octanol–water partition coefficient (Wildman–Crippen LogP) is 4.44. The van der Waals surface area contributed by atoms with E-state index >= 15 is 0 Å². The molecule has 0 saturated carbocycles. The van der Waals surface area contributed by atoms with Crippen molar-refractivity contribution in [1.29, 1.82) is 0 Å². The van der Waals surface area contributed by atoms with Crippen LogP contribution in [0.2, 0.25) is 0 Å². The Morgan fingerprint density at radius 2 is 1.71 bits per heavy atom. The molecule has 0 aliphatic heterocycles. The fourth-order valence-corrected chi connectivity index (χ4v) is 3.61. The average Bonchev–Trinajstić information content (AvgIpc) is 2.77. The van der Waals surface area contributed by atoms with E-state index in [1.165, 1.54) is 0 Å². The third-order valence-corrected chi connectivity index (χ3v) is 5.59. The minimum absolute atomic E-state index is 0.0156. The van der Waals surface area contributed by atoms with E-state index in [4.69, 9.17) is 17.0 Å². The molecule has 0 unspecified atom stereocenters. The summed E-state index contributed by atoms with van der Waals surface area (Å²) in [5, 5.41) is 4.56. The Morgan fingerprint density at radius 3 is 2.42 bits per heavy atom. The molecular weight excluding hydrogens is 478 g/mol. The molecule has 160 valence electrons.